The van der Waals surface area contributed by atoms with Gasteiger partial charge in [0.2, 0.25) is 5.82 Å². The van der Waals surface area contributed by atoms with Crippen LogP contribution in [-0.2, 0) is 0 Å². The highest BCUT2D eigenvalue weighted by atomic mass is 16.6. The lowest BCUT2D eigenvalue weighted by atomic mass is 9.93. The van der Waals surface area contributed by atoms with Crippen LogP contribution in [0.15, 0.2) is 12.3 Å². The zero-order valence-corrected chi connectivity index (χ0v) is 11.2. The first-order valence-corrected chi connectivity index (χ1v) is 6.68. The molecule has 0 aliphatic carbocycles. The lowest BCUT2D eigenvalue weighted by Gasteiger charge is -2.32. The first-order valence-electron chi connectivity index (χ1n) is 6.68. The van der Waals surface area contributed by atoms with Gasteiger partial charge in [-0.1, -0.05) is 0 Å². The average molecular weight is 264 g/mol. The highest BCUT2D eigenvalue weighted by Crippen LogP contribution is 2.30. The number of pyridine rings is 1. The van der Waals surface area contributed by atoms with Gasteiger partial charge in [-0.2, -0.15) is 0 Å². The van der Waals surface area contributed by atoms with Crippen molar-refractivity contribution in [1.82, 2.24) is 4.98 Å². The second kappa shape index (κ2) is 5.97. The van der Waals surface area contributed by atoms with Crippen LogP contribution in [0.3, 0.4) is 0 Å². The molecule has 1 aliphatic heterocycles. The molecule has 0 aromatic carbocycles. The Labute approximate surface area is 112 Å². The fourth-order valence-corrected chi connectivity index (χ4v) is 2.59. The molecule has 2 N–H and O–H groups in total. The fraction of sp³-hybridized carbons (Fsp3) is 0.615. The minimum atomic E-state index is -0.346. The number of rotatable bonds is 4. The Morgan fingerprint density at radius 2 is 2.21 bits per heavy atom. The van der Waals surface area contributed by atoms with Gasteiger partial charge in [-0.05, 0) is 44.2 Å². The van der Waals surface area contributed by atoms with Crippen molar-refractivity contribution in [3.63, 3.8) is 0 Å². The van der Waals surface area contributed by atoms with Gasteiger partial charge in [0.1, 0.15) is 0 Å². The summed E-state index contributed by atoms with van der Waals surface area (Å²) in [4.78, 5) is 17.0. The molecular formula is C13H20N4O2. The molecule has 1 saturated heterocycles. The third-order valence-corrected chi connectivity index (χ3v) is 3.67. The topological polar surface area (TPSA) is 85.3 Å². The lowest BCUT2D eigenvalue weighted by molar-refractivity contribution is -0.384. The van der Waals surface area contributed by atoms with Gasteiger partial charge in [0, 0.05) is 25.4 Å². The van der Waals surface area contributed by atoms with Gasteiger partial charge in [0.05, 0.1) is 4.92 Å². The number of piperidine rings is 1. The van der Waals surface area contributed by atoms with Crippen LogP contribution in [-0.4, -0.2) is 29.5 Å². The van der Waals surface area contributed by atoms with Crippen LogP contribution in [0.1, 0.15) is 24.8 Å². The molecule has 0 saturated carbocycles. The normalized spacial score (nSPS) is 16.6. The zero-order chi connectivity index (χ0) is 13.8. The highest BCUT2D eigenvalue weighted by Gasteiger charge is 2.25. The smallest absolute Gasteiger partial charge is 0.311 e. The molecule has 0 atom stereocenters. The lowest BCUT2D eigenvalue weighted by Crippen LogP contribution is -2.35. The van der Waals surface area contributed by atoms with E-state index >= 15 is 0 Å². The average Bonchev–Trinajstić information content (AvgIpc) is 2.40. The van der Waals surface area contributed by atoms with Crippen molar-refractivity contribution in [3.8, 4) is 0 Å². The Balaban J connectivity index is 2.13. The maximum Gasteiger partial charge on any atom is 0.311 e. The van der Waals surface area contributed by atoms with E-state index in [4.69, 9.17) is 5.73 Å². The number of aromatic nitrogens is 1. The maximum atomic E-state index is 11.1. The standard InChI is InChI=1S/C13H20N4O2/c1-10-8-12(17(18)19)13(15-9-10)16-6-3-11(2-5-14)4-7-16/h8-9,11H,2-7,14H2,1H3. The quantitative estimate of drug-likeness (QED) is 0.662. The number of hydrogen-bond acceptors (Lipinski definition) is 5. The van der Waals surface area contributed by atoms with E-state index < -0.39 is 0 Å². The van der Waals surface area contributed by atoms with Crippen molar-refractivity contribution < 1.29 is 4.92 Å². The van der Waals surface area contributed by atoms with Crippen LogP contribution in [0.5, 0.6) is 0 Å². The van der Waals surface area contributed by atoms with E-state index in [1.807, 2.05) is 11.8 Å². The molecule has 1 fully saturated rings. The van der Waals surface area contributed by atoms with Gasteiger partial charge in [0.25, 0.3) is 0 Å². The summed E-state index contributed by atoms with van der Waals surface area (Å²) >= 11 is 0. The Kier molecular flexibility index (Phi) is 4.31. The number of hydrogen-bond donors (Lipinski definition) is 1. The van der Waals surface area contributed by atoms with Crippen molar-refractivity contribution >= 4 is 11.5 Å². The first-order chi connectivity index (χ1) is 9.11. The minimum absolute atomic E-state index is 0.109. The second-order valence-electron chi connectivity index (χ2n) is 5.12. The Morgan fingerprint density at radius 3 is 2.79 bits per heavy atom. The largest absolute Gasteiger partial charge is 0.351 e. The van der Waals surface area contributed by atoms with Crippen LogP contribution >= 0.6 is 0 Å². The van der Waals surface area contributed by atoms with E-state index in [0.717, 1.165) is 37.9 Å². The van der Waals surface area contributed by atoms with Crippen LogP contribution in [0.4, 0.5) is 11.5 Å². The molecule has 6 heteroatoms. The molecule has 0 radical (unpaired) electrons. The van der Waals surface area contributed by atoms with E-state index in [0.29, 0.717) is 18.3 Å². The predicted molar refractivity (Wildman–Crippen MR) is 74.2 cm³/mol. The number of aryl methyl sites for hydroxylation is 1. The summed E-state index contributed by atoms with van der Waals surface area (Å²) in [5.41, 5.74) is 6.49. The van der Waals surface area contributed by atoms with Gasteiger partial charge in [-0.3, -0.25) is 10.1 Å². The summed E-state index contributed by atoms with van der Waals surface area (Å²) in [6.45, 7) is 4.17. The third-order valence-electron chi connectivity index (χ3n) is 3.67. The molecule has 2 rings (SSSR count). The van der Waals surface area contributed by atoms with Crippen molar-refractivity contribution in [3.05, 3.63) is 27.9 Å². The minimum Gasteiger partial charge on any atom is -0.351 e. The Morgan fingerprint density at radius 1 is 1.53 bits per heavy atom. The molecule has 0 unspecified atom stereocenters. The Bertz CT molecular complexity index is 456. The highest BCUT2D eigenvalue weighted by molar-refractivity contribution is 5.58. The molecule has 1 aromatic heterocycles. The van der Waals surface area contributed by atoms with Crippen LogP contribution in [0, 0.1) is 23.0 Å². The molecule has 19 heavy (non-hydrogen) atoms. The third kappa shape index (κ3) is 3.20. The van der Waals surface area contributed by atoms with Gasteiger partial charge in [0.15, 0.2) is 0 Å². The molecule has 104 valence electrons. The second-order valence-corrected chi connectivity index (χ2v) is 5.12. The van der Waals surface area contributed by atoms with E-state index in [2.05, 4.69) is 4.98 Å². The van der Waals surface area contributed by atoms with E-state index in [1.165, 1.54) is 0 Å². The summed E-state index contributed by atoms with van der Waals surface area (Å²) in [5, 5.41) is 11.1. The van der Waals surface area contributed by atoms with Crippen LogP contribution in [0.2, 0.25) is 0 Å². The monoisotopic (exact) mass is 264 g/mol. The van der Waals surface area contributed by atoms with Crippen molar-refractivity contribution in [2.75, 3.05) is 24.5 Å². The predicted octanol–water partition coefficient (Wildman–Crippen LogP) is 1.86. The number of nitrogens with two attached hydrogens (primary N) is 1. The molecule has 0 bridgehead atoms. The molecule has 0 amide bonds. The summed E-state index contributed by atoms with van der Waals surface area (Å²) in [6.07, 6.45) is 4.79. The Hall–Kier alpha value is -1.69. The van der Waals surface area contributed by atoms with E-state index in [-0.39, 0.29) is 10.6 Å². The summed E-state index contributed by atoms with van der Waals surface area (Å²) < 4.78 is 0. The van der Waals surface area contributed by atoms with Gasteiger partial charge >= 0.3 is 5.69 Å². The fourth-order valence-electron chi connectivity index (χ4n) is 2.59. The summed E-state index contributed by atoms with van der Waals surface area (Å²) in [5.74, 6) is 1.15. The zero-order valence-electron chi connectivity index (χ0n) is 11.2. The van der Waals surface area contributed by atoms with Gasteiger partial charge < -0.3 is 10.6 Å². The van der Waals surface area contributed by atoms with Crippen molar-refractivity contribution in [2.24, 2.45) is 11.7 Å². The number of anilines is 1. The molecule has 0 spiro atoms. The summed E-state index contributed by atoms with van der Waals surface area (Å²) in [7, 11) is 0. The van der Waals surface area contributed by atoms with Gasteiger partial charge in [-0.25, -0.2) is 4.98 Å². The van der Waals surface area contributed by atoms with E-state index in [9.17, 15) is 10.1 Å². The molecule has 1 aliphatic rings. The van der Waals surface area contributed by atoms with Crippen molar-refractivity contribution in [2.45, 2.75) is 26.2 Å². The number of nitrogens with zero attached hydrogens (tertiary/aromatic N) is 3. The van der Waals surface area contributed by atoms with Crippen molar-refractivity contribution in [1.29, 1.82) is 0 Å². The van der Waals surface area contributed by atoms with E-state index in [1.54, 1.807) is 12.3 Å². The SMILES string of the molecule is Cc1cnc(N2CCC(CCN)CC2)c([N+](=O)[O-])c1. The molecule has 6 nitrogen and oxygen atoms in total. The number of nitro groups is 1. The van der Waals surface area contributed by atoms with Crippen LogP contribution < -0.4 is 10.6 Å². The first kappa shape index (κ1) is 13.7. The van der Waals surface area contributed by atoms with Crippen LogP contribution in [0.25, 0.3) is 0 Å². The maximum absolute atomic E-state index is 11.1. The van der Waals surface area contributed by atoms with Gasteiger partial charge in [-0.15, -0.1) is 0 Å². The molecule has 1 aromatic rings. The summed E-state index contributed by atoms with van der Waals surface area (Å²) in [6, 6.07) is 1.59. The molecule has 2 heterocycles. The molecular weight excluding hydrogens is 244 g/mol.